The molecule has 0 aromatic carbocycles. The van der Waals surface area contributed by atoms with E-state index in [1.807, 2.05) is 32.9 Å². The summed E-state index contributed by atoms with van der Waals surface area (Å²) >= 11 is 1.12. The van der Waals surface area contributed by atoms with Crippen LogP contribution in [0.25, 0.3) is 0 Å². The maximum Gasteiger partial charge on any atom is 0.348 e. The summed E-state index contributed by atoms with van der Waals surface area (Å²) in [7, 11) is 0. The van der Waals surface area contributed by atoms with Crippen LogP contribution in [0, 0.1) is 34.6 Å². The molecule has 0 bridgehead atoms. The van der Waals surface area contributed by atoms with Gasteiger partial charge in [0, 0.05) is 11.4 Å². The van der Waals surface area contributed by atoms with Crippen molar-refractivity contribution in [1.82, 2.24) is 24.5 Å². The van der Waals surface area contributed by atoms with Gasteiger partial charge in [-0.25, -0.2) is 14.5 Å². The summed E-state index contributed by atoms with van der Waals surface area (Å²) in [6, 6.07) is 3.23. The minimum Gasteiger partial charge on any atom is -0.282 e. The Labute approximate surface area is 148 Å². The fourth-order valence-electron chi connectivity index (χ4n) is 2.56. The monoisotopic (exact) mass is 358 g/mol. The Morgan fingerprint density at radius 1 is 0.960 bits per heavy atom. The van der Waals surface area contributed by atoms with Gasteiger partial charge in [0.2, 0.25) is 0 Å². The van der Waals surface area contributed by atoms with E-state index in [0.717, 1.165) is 34.1 Å². The molecular weight excluding hydrogens is 340 g/mol. The van der Waals surface area contributed by atoms with Crippen LogP contribution in [0.15, 0.2) is 12.1 Å². The molecule has 25 heavy (non-hydrogen) atoms. The molecule has 8 nitrogen and oxygen atoms in total. The van der Waals surface area contributed by atoms with Crippen molar-refractivity contribution in [2.45, 2.75) is 34.6 Å². The Hall–Kier alpha value is -2.81. The van der Waals surface area contributed by atoms with Gasteiger partial charge in [-0.15, -0.1) is 0 Å². The molecule has 1 amide bonds. The van der Waals surface area contributed by atoms with Gasteiger partial charge >= 0.3 is 6.03 Å². The fourth-order valence-corrected chi connectivity index (χ4v) is 3.44. The van der Waals surface area contributed by atoms with E-state index in [1.165, 1.54) is 9.36 Å². The molecule has 0 atom stereocenters. The lowest BCUT2D eigenvalue weighted by Crippen LogP contribution is -2.21. The Balaban J connectivity index is 1.85. The molecule has 0 fully saturated rings. The number of anilines is 1. The SMILES string of the molecule is Cc1cc(C)n(C(=O)Nc2nc(C)c(C(=O)n3nc(C)cc3C)s2)n1. The molecule has 3 heterocycles. The maximum absolute atomic E-state index is 12.7. The molecule has 3 aromatic rings. The zero-order chi connectivity index (χ0) is 18.3. The number of carbonyl (C=O) groups is 2. The van der Waals surface area contributed by atoms with Crippen molar-refractivity contribution in [1.29, 1.82) is 0 Å². The molecule has 3 rings (SSSR count). The van der Waals surface area contributed by atoms with Crippen molar-refractivity contribution in [2.75, 3.05) is 5.32 Å². The van der Waals surface area contributed by atoms with Crippen LogP contribution < -0.4 is 5.32 Å². The standard InChI is InChI=1S/C16H18N6O2S/c1-8-6-10(3)21(19-8)14(23)13-12(5)17-15(25-13)18-16(24)22-11(4)7-9(2)20-22/h6-7H,1-5H3,(H,17,18,24). The maximum atomic E-state index is 12.7. The van der Waals surface area contributed by atoms with Crippen LogP contribution in [0.2, 0.25) is 0 Å². The van der Waals surface area contributed by atoms with E-state index in [0.29, 0.717) is 15.7 Å². The van der Waals surface area contributed by atoms with Crippen molar-refractivity contribution in [3.8, 4) is 0 Å². The van der Waals surface area contributed by atoms with Crippen LogP contribution >= 0.6 is 11.3 Å². The summed E-state index contributed by atoms with van der Waals surface area (Å²) in [6.45, 7) is 8.99. The lowest BCUT2D eigenvalue weighted by molar-refractivity contribution is 0.0945. The van der Waals surface area contributed by atoms with E-state index in [2.05, 4.69) is 20.5 Å². The van der Waals surface area contributed by atoms with Crippen LogP contribution in [0.1, 0.15) is 38.1 Å². The van der Waals surface area contributed by atoms with E-state index >= 15 is 0 Å². The van der Waals surface area contributed by atoms with Gasteiger partial charge in [0.15, 0.2) is 5.13 Å². The fraction of sp³-hybridized carbons (Fsp3) is 0.312. The molecule has 130 valence electrons. The number of rotatable bonds is 2. The van der Waals surface area contributed by atoms with Gasteiger partial charge in [0.1, 0.15) is 4.88 Å². The molecule has 0 radical (unpaired) electrons. The Morgan fingerprint density at radius 3 is 2.04 bits per heavy atom. The second-order valence-corrected chi connectivity index (χ2v) is 6.85. The zero-order valence-electron chi connectivity index (χ0n) is 14.6. The molecule has 0 saturated heterocycles. The molecule has 0 unspecified atom stereocenters. The molecule has 3 aromatic heterocycles. The highest BCUT2D eigenvalue weighted by Gasteiger charge is 2.21. The molecule has 0 aliphatic rings. The van der Waals surface area contributed by atoms with Crippen molar-refractivity contribution in [3.63, 3.8) is 0 Å². The van der Waals surface area contributed by atoms with E-state index in [9.17, 15) is 9.59 Å². The van der Waals surface area contributed by atoms with Crippen LogP contribution in [-0.2, 0) is 0 Å². The average Bonchev–Trinajstić information content (AvgIpc) is 3.16. The van der Waals surface area contributed by atoms with E-state index in [4.69, 9.17) is 0 Å². The number of nitrogens with one attached hydrogen (secondary N) is 1. The van der Waals surface area contributed by atoms with Crippen molar-refractivity contribution >= 4 is 28.4 Å². The summed E-state index contributed by atoms with van der Waals surface area (Å²) in [5.74, 6) is -0.257. The number of nitrogens with zero attached hydrogens (tertiary/aromatic N) is 5. The van der Waals surface area contributed by atoms with Crippen LogP contribution in [0.3, 0.4) is 0 Å². The lowest BCUT2D eigenvalue weighted by atomic mass is 10.3. The second kappa shape index (κ2) is 6.25. The molecule has 0 saturated carbocycles. The largest absolute Gasteiger partial charge is 0.348 e. The van der Waals surface area contributed by atoms with Crippen LogP contribution in [0.4, 0.5) is 9.93 Å². The molecule has 0 aliphatic carbocycles. The van der Waals surface area contributed by atoms with Crippen molar-refractivity contribution in [3.05, 3.63) is 45.5 Å². The van der Waals surface area contributed by atoms with Gasteiger partial charge in [0.05, 0.1) is 17.1 Å². The van der Waals surface area contributed by atoms with Gasteiger partial charge < -0.3 is 0 Å². The first-order valence-corrected chi connectivity index (χ1v) is 8.48. The smallest absolute Gasteiger partial charge is 0.282 e. The first-order chi connectivity index (χ1) is 11.8. The third-order valence-electron chi connectivity index (χ3n) is 3.61. The number of hydrogen-bond acceptors (Lipinski definition) is 6. The minimum absolute atomic E-state index is 0.257. The third-order valence-corrected chi connectivity index (χ3v) is 4.67. The van der Waals surface area contributed by atoms with Gasteiger partial charge in [-0.3, -0.25) is 10.1 Å². The van der Waals surface area contributed by atoms with Gasteiger partial charge in [-0.1, -0.05) is 11.3 Å². The number of amides is 1. The zero-order valence-corrected chi connectivity index (χ0v) is 15.4. The molecule has 0 aliphatic heterocycles. The number of hydrogen-bond donors (Lipinski definition) is 1. The summed E-state index contributed by atoms with van der Waals surface area (Å²) in [6.07, 6.45) is 0. The van der Waals surface area contributed by atoms with E-state index < -0.39 is 6.03 Å². The summed E-state index contributed by atoms with van der Waals surface area (Å²) < 4.78 is 2.62. The average molecular weight is 358 g/mol. The topological polar surface area (TPSA) is 94.7 Å². The predicted octanol–water partition coefficient (Wildman–Crippen LogP) is 2.85. The van der Waals surface area contributed by atoms with Crippen molar-refractivity contribution < 1.29 is 9.59 Å². The highest BCUT2D eigenvalue weighted by molar-refractivity contribution is 7.17. The van der Waals surface area contributed by atoms with Gasteiger partial charge in [-0.05, 0) is 46.8 Å². The second-order valence-electron chi connectivity index (χ2n) is 5.85. The normalized spacial score (nSPS) is 10.9. The Kier molecular flexibility index (Phi) is 4.25. The quantitative estimate of drug-likeness (QED) is 0.760. The number of thiazole rings is 1. The van der Waals surface area contributed by atoms with Gasteiger partial charge in [0.25, 0.3) is 5.91 Å². The number of aryl methyl sites for hydroxylation is 5. The summed E-state index contributed by atoms with van der Waals surface area (Å²) in [5.41, 5.74) is 3.55. The molecule has 1 N–H and O–H groups in total. The third kappa shape index (κ3) is 3.22. The van der Waals surface area contributed by atoms with E-state index in [-0.39, 0.29) is 5.91 Å². The van der Waals surface area contributed by atoms with Gasteiger partial charge in [-0.2, -0.15) is 14.9 Å². The molecule has 0 spiro atoms. The summed E-state index contributed by atoms with van der Waals surface area (Å²) in [5, 5.41) is 11.4. The van der Waals surface area contributed by atoms with Crippen LogP contribution in [-0.4, -0.2) is 36.5 Å². The van der Waals surface area contributed by atoms with Crippen LogP contribution in [0.5, 0.6) is 0 Å². The number of carbonyl (C=O) groups excluding carboxylic acids is 2. The highest BCUT2D eigenvalue weighted by Crippen LogP contribution is 2.24. The summed E-state index contributed by atoms with van der Waals surface area (Å²) in [4.78, 5) is 29.7. The van der Waals surface area contributed by atoms with Crippen molar-refractivity contribution in [2.24, 2.45) is 0 Å². The highest BCUT2D eigenvalue weighted by atomic mass is 32.1. The Bertz CT molecular complexity index is 981. The lowest BCUT2D eigenvalue weighted by Gasteiger charge is -2.02. The molecule has 9 heteroatoms. The van der Waals surface area contributed by atoms with E-state index in [1.54, 1.807) is 13.8 Å². The minimum atomic E-state index is -0.413. The first-order valence-electron chi connectivity index (χ1n) is 7.66. The number of aromatic nitrogens is 5. The first kappa shape index (κ1) is 17.0. The molecular formula is C16H18N6O2S. The predicted molar refractivity (Wildman–Crippen MR) is 94.4 cm³/mol. The Morgan fingerprint density at radius 2 is 1.52 bits per heavy atom.